The zero-order chi connectivity index (χ0) is 40.3. The van der Waals surface area contributed by atoms with Crippen LogP contribution in [-0.2, 0) is 5.41 Å². The van der Waals surface area contributed by atoms with Crippen LogP contribution in [0.1, 0.15) is 22.3 Å². The summed E-state index contributed by atoms with van der Waals surface area (Å²) in [5.74, 6) is 0. The number of hydrogen-bond donors (Lipinski definition) is 0. The van der Waals surface area contributed by atoms with E-state index in [0.717, 1.165) is 17.1 Å². The van der Waals surface area contributed by atoms with Crippen LogP contribution in [0.2, 0.25) is 0 Å². The van der Waals surface area contributed by atoms with E-state index in [-0.39, 0.29) is 0 Å². The summed E-state index contributed by atoms with van der Waals surface area (Å²) in [7, 11) is 0. The van der Waals surface area contributed by atoms with E-state index < -0.39 is 5.41 Å². The Morgan fingerprint density at radius 3 is 1.77 bits per heavy atom. The second-order valence-corrected chi connectivity index (χ2v) is 17.1. The predicted octanol–water partition coefficient (Wildman–Crippen LogP) is 16.4. The molecule has 0 amide bonds. The van der Waals surface area contributed by atoms with E-state index in [1.165, 1.54) is 86.6 Å². The molecule has 1 aromatic heterocycles. The number of benzene rings is 10. The van der Waals surface area contributed by atoms with Gasteiger partial charge in [-0.1, -0.05) is 188 Å². The molecule has 2 heteroatoms. The number of anilines is 3. The van der Waals surface area contributed by atoms with Gasteiger partial charge in [-0.3, -0.25) is 0 Å². The molecule has 11 aromatic rings. The average molecular weight is 794 g/mol. The Labute approximate surface area is 360 Å². The van der Waals surface area contributed by atoms with Crippen molar-refractivity contribution in [3.05, 3.63) is 259 Å². The van der Waals surface area contributed by atoms with Crippen LogP contribution in [0.4, 0.5) is 17.1 Å². The molecule has 1 aliphatic carbocycles. The van der Waals surface area contributed by atoms with Crippen molar-refractivity contribution in [2.24, 2.45) is 0 Å². The maximum absolute atomic E-state index is 2.48. The molecular formula is C59H39NS. The van der Waals surface area contributed by atoms with Gasteiger partial charge in [-0.25, -0.2) is 0 Å². The van der Waals surface area contributed by atoms with Gasteiger partial charge in [0.1, 0.15) is 0 Å². The minimum atomic E-state index is -0.502. The van der Waals surface area contributed by atoms with Crippen LogP contribution in [0, 0.1) is 0 Å². The van der Waals surface area contributed by atoms with Crippen molar-refractivity contribution < 1.29 is 0 Å². The van der Waals surface area contributed by atoms with Gasteiger partial charge >= 0.3 is 0 Å². The monoisotopic (exact) mass is 793 g/mol. The van der Waals surface area contributed by atoms with Crippen LogP contribution in [0.3, 0.4) is 0 Å². The van der Waals surface area contributed by atoms with Gasteiger partial charge in [-0.15, -0.1) is 11.3 Å². The third-order valence-corrected chi connectivity index (χ3v) is 13.9. The highest BCUT2D eigenvalue weighted by atomic mass is 32.1. The van der Waals surface area contributed by atoms with E-state index in [1.54, 1.807) is 0 Å². The summed E-state index contributed by atoms with van der Waals surface area (Å²) >= 11 is 1.87. The van der Waals surface area contributed by atoms with Crippen molar-refractivity contribution in [1.29, 1.82) is 0 Å². The topological polar surface area (TPSA) is 3.24 Å². The molecular weight excluding hydrogens is 755 g/mol. The lowest BCUT2D eigenvalue weighted by atomic mass is 9.68. The number of thiophene rings is 1. The molecule has 0 fully saturated rings. The van der Waals surface area contributed by atoms with Crippen LogP contribution in [0.5, 0.6) is 0 Å². The van der Waals surface area contributed by atoms with Gasteiger partial charge in [0.05, 0.1) is 11.1 Å². The lowest BCUT2D eigenvalue weighted by molar-refractivity contribution is 0.768. The largest absolute Gasteiger partial charge is 0.310 e. The van der Waals surface area contributed by atoms with Crippen LogP contribution in [0.25, 0.3) is 64.3 Å². The molecule has 61 heavy (non-hydrogen) atoms. The Morgan fingerprint density at radius 1 is 0.344 bits per heavy atom. The first-order valence-corrected chi connectivity index (χ1v) is 21.8. The van der Waals surface area contributed by atoms with Gasteiger partial charge in [0, 0.05) is 37.1 Å². The average Bonchev–Trinajstić information content (AvgIpc) is 3.86. The second-order valence-electron chi connectivity index (χ2n) is 16.0. The van der Waals surface area contributed by atoms with Crippen LogP contribution in [-0.4, -0.2) is 0 Å². The van der Waals surface area contributed by atoms with E-state index in [0.29, 0.717) is 0 Å². The summed E-state index contributed by atoms with van der Waals surface area (Å²) in [5, 5.41) is 5.13. The molecule has 0 aliphatic heterocycles. The third kappa shape index (κ3) is 5.68. The zero-order valence-corrected chi connectivity index (χ0v) is 34.2. The van der Waals surface area contributed by atoms with Crippen molar-refractivity contribution in [3.8, 4) is 33.4 Å². The summed E-state index contributed by atoms with van der Waals surface area (Å²) in [5.41, 5.74) is 15.3. The van der Waals surface area contributed by atoms with Gasteiger partial charge in [0.15, 0.2) is 0 Å². The Kier molecular flexibility index (Phi) is 8.33. The smallest absolute Gasteiger partial charge is 0.0714 e. The van der Waals surface area contributed by atoms with Crippen molar-refractivity contribution in [3.63, 3.8) is 0 Å². The minimum Gasteiger partial charge on any atom is -0.310 e. The summed E-state index contributed by atoms with van der Waals surface area (Å²) in [4.78, 5) is 2.48. The molecule has 0 N–H and O–H groups in total. The quantitative estimate of drug-likeness (QED) is 0.155. The van der Waals surface area contributed by atoms with Gasteiger partial charge in [-0.2, -0.15) is 0 Å². The maximum Gasteiger partial charge on any atom is 0.0714 e. The van der Waals surface area contributed by atoms with Crippen molar-refractivity contribution >= 4 is 59.3 Å². The number of nitrogens with zero attached hydrogens (tertiary/aromatic N) is 1. The lowest BCUT2D eigenvalue weighted by Crippen LogP contribution is -2.28. The fraction of sp³-hybridized carbons (Fsp3) is 0.0169. The zero-order valence-electron chi connectivity index (χ0n) is 33.4. The maximum atomic E-state index is 2.48. The molecule has 12 rings (SSSR count). The van der Waals surface area contributed by atoms with Crippen LogP contribution >= 0.6 is 11.3 Å². The summed E-state index contributed by atoms with van der Waals surface area (Å²) in [6, 6.07) is 87.4. The van der Waals surface area contributed by atoms with E-state index >= 15 is 0 Å². The first-order valence-electron chi connectivity index (χ1n) is 21.0. The molecule has 0 saturated carbocycles. The van der Waals surface area contributed by atoms with Crippen molar-refractivity contribution in [2.45, 2.75) is 5.41 Å². The van der Waals surface area contributed by atoms with Gasteiger partial charge in [0.25, 0.3) is 0 Å². The Hall–Kier alpha value is -7.52. The molecule has 0 atom stereocenters. The third-order valence-electron chi connectivity index (χ3n) is 12.7. The summed E-state index contributed by atoms with van der Waals surface area (Å²) in [6.07, 6.45) is 0. The fourth-order valence-corrected chi connectivity index (χ4v) is 11.1. The molecule has 0 bridgehead atoms. The first kappa shape index (κ1) is 35.4. The van der Waals surface area contributed by atoms with Crippen molar-refractivity contribution in [1.82, 2.24) is 0 Å². The minimum absolute atomic E-state index is 0.502. The molecule has 10 aromatic carbocycles. The van der Waals surface area contributed by atoms with Crippen molar-refractivity contribution in [2.75, 3.05) is 4.90 Å². The molecule has 0 saturated heterocycles. The SMILES string of the molecule is c1ccc(C2(c3ccccc3)c3ccccc3-c3c(N(c4ccc(-c5ccc6ccccc6c5)cc4)c4cccc(-c5ccc6c(c5)sc5ccccc56)c4)cccc32)cc1. The van der Waals surface area contributed by atoms with Crippen LogP contribution < -0.4 is 4.90 Å². The van der Waals surface area contributed by atoms with E-state index in [4.69, 9.17) is 0 Å². The Bertz CT molecular complexity index is 3380. The highest BCUT2D eigenvalue weighted by Gasteiger charge is 2.47. The van der Waals surface area contributed by atoms with E-state index in [9.17, 15) is 0 Å². The summed E-state index contributed by atoms with van der Waals surface area (Å²) in [6.45, 7) is 0. The normalized spacial score (nSPS) is 12.7. The Balaban J connectivity index is 1.07. The molecule has 1 aliphatic rings. The molecule has 286 valence electrons. The Morgan fingerprint density at radius 2 is 0.951 bits per heavy atom. The van der Waals surface area contributed by atoms with E-state index in [1.807, 2.05) is 11.3 Å². The first-order chi connectivity index (χ1) is 30.2. The highest BCUT2D eigenvalue weighted by Crippen LogP contribution is 2.59. The van der Waals surface area contributed by atoms with Gasteiger partial charge in [-0.05, 0) is 109 Å². The molecule has 1 heterocycles. The fourth-order valence-electron chi connectivity index (χ4n) is 9.99. The number of fused-ring (bicyclic) bond motifs is 7. The lowest BCUT2D eigenvalue weighted by Gasteiger charge is -2.34. The standard InChI is InChI=1S/C59H39NS/c1-3-18-46(19-4-1)59(47-20-5-2-6-21-47)53-25-11-9-24-52(53)58-54(59)26-14-27-55(58)60(48-34-31-41(32-35-48)44-30-29-40-15-7-8-16-42(40)37-44)49-22-13-17-43(38-49)45-33-36-51-50-23-10-12-28-56(50)61-57(51)39-45/h1-39H. The van der Waals surface area contributed by atoms with E-state index in [2.05, 4.69) is 241 Å². The second kappa shape index (κ2) is 14.3. The molecule has 0 unspecified atom stereocenters. The molecule has 0 spiro atoms. The number of rotatable bonds is 7. The molecule has 1 nitrogen and oxygen atoms in total. The highest BCUT2D eigenvalue weighted by molar-refractivity contribution is 7.25. The number of hydrogen-bond acceptors (Lipinski definition) is 2. The predicted molar refractivity (Wildman–Crippen MR) is 260 cm³/mol. The van der Waals surface area contributed by atoms with Gasteiger partial charge < -0.3 is 4.90 Å². The van der Waals surface area contributed by atoms with Gasteiger partial charge in [0.2, 0.25) is 0 Å². The molecule has 0 radical (unpaired) electrons. The summed E-state index contributed by atoms with van der Waals surface area (Å²) < 4.78 is 2.63. The van der Waals surface area contributed by atoms with Crippen LogP contribution in [0.15, 0.2) is 237 Å².